The van der Waals surface area contributed by atoms with E-state index in [1.54, 1.807) is 29.9 Å². The number of nitrogens with zero attached hydrogens (tertiary/aromatic N) is 5. The third-order valence-corrected chi connectivity index (χ3v) is 6.98. The summed E-state index contributed by atoms with van der Waals surface area (Å²) in [6.45, 7) is 3.45. The molecule has 1 unspecified atom stereocenters. The number of thiophene rings is 1. The first kappa shape index (κ1) is 18.4. The predicted octanol–water partition coefficient (Wildman–Crippen LogP) is 3.45. The molecule has 29 heavy (non-hydrogen) atoms. The smallest absolute Gasteiger partial charge is 0.222 e. The Kier molecular flexibility index (Phi) is 4.87. The Hall–Kier alpha value is -2.61. The zero-order chi connectivity index (χ0) is 19.8. The number of nitrogens with one attached hydrogen (secondary N) is 1. The minimum atomic E-state index is 0.206. The van der Waals surface area contributed by atoms with Crippen LogP contribution in [0.2, 0.25) is 0 Å². The van der Waals surface area contributed by atoms with Gasteiger partial charge in [-0.2, -0.15) is 0 Å². The molecule has 0 bridgehead atoms. The van der Waals surface area contributed by atoms with Gasteiger partial charge >= 0.3 is 0 Å². The molecule has 1 saturated heterocycles. The average Bonchev–Trinajstić information content (AvgIpc) is 3.38. The Morgan fingerprint density at radius 3 is 3.00 bits per heavy atom. The van der Waals surface area contributed by atoms with Gasteiger partial charge in [-0.3, -0.25) is 9.78 Å². The van der Waals surface area contributed by atoms with Crippen molar-refractivity contribution in [1.29, 1.82) is 0 Å². The number of aryl methyl sites for hydroxylation is 2. The van der Waals surface area contributed by atoms with E-state index in [0.717, 1.165) is 48.4 Å². The Balaban J connectivity index is 1.55. The van der Waals surface area contributed by atoms with Crippen molar-refractivity contribution in [2.75, 3.05) is 18.4 Å². The van der Waals surface area contributed by atoms with Crippen molar-refractivity contribution >= 4 is 33.3 Å². The van der Waals surface area contributed by atoms with Gasteiger partial charge < -0.3 is 10.2 Å². The van der Waals surface area contributed by atoms with Crippen LogP contribution in [0.25, 0.3) is 21.7 Å². The van der Waals surface area contributed by atoms with Gasteiger partial charge in [0.25, 0.3) is 0 Å². The van der Waals surface area contributed by atoms with E-state index in [1.807, 2.05) is 11.8 Å². The molecule has 0 aromatic carbocycles. The highest BCUT2D eigenvalue weighted by Gasteiger charge is 2.28. The Bertz CT molecular complexity index is 1050. The number of carbonyl (C=O) groups is 1. The lowest BCUT2D eigenvalue weighted by Crippen LogP contribution is -2.31. The fourth-order valence-electron chi connectivity index (χ4n) is 4.31. The lowest BCUT2D eigenvalue weighted by Gasteiger charge is -2.18. The van der Waals surface area contributed by atoms with E-state index in [2.05, 4.69) is 15.3 Å². The Labute approximate surface area is 173 Å². The number of carbonyl (C=O) groups excluding carboxylic acids is 1. The summed E-state index contributed by atoms with van der Waals surface area (Å²) in [5.74, 6) is 1.70. The highest BCUT2D eigenvalue weighted by Crippen LogP contribution is 2.39. The second-order valence-corrected chi connectivity index (χ2v) is 8.78. The SMILES string of the molecule is CCC(=O)N1CCC(Nc2nc(-c3cnccn3)nc3sc4c(c23)CCCC4)C1. The van der Waals surface area contributed by atoms with Crippen LogP contribution in [0.1, 0.15) is 43.0 Å². The molecule has 0 radical (unpaired) electrons. The maximum Gasteiger partial charge on any atom is 0.222 e. The van der Waals surface area contributed by atoms with Crippen molar-refractivity contribution in [3.05, 3.63) is 29.0 Å². The van der Waals surface area contributed by atoms with Crippen molar-refractivity contribution in [3.63, 3.8) is 0 Å². The summed E-state index contributed by atoms with van der Waals surface area (Å²) in [4.78, 5) is 34.8. The van der Waals surface area contributed by atoms with Crippen molar-refractivity contribution in [2.24, 2.45) is 0 Å². The fraction of sp³-hybridized carbons (Fsp3) is 0.476. The molecule has 1 aliphatic carbocycles. The summed E-state index contributed by atoms with van der Waals surface area (Å²) >= 11 is 1.79. The van der Waals surface area contributed by atoms with Crippen LogP contribution in [0.5, 0.6) is 0 Å². The van der Waals surface area contributed by atoms with Crippen molar-refractivity contribution in [2.45, 2.75) is 51.5 Å². The summed E-state index contributed by atoms with van der Waals surface area (Å²) in [5, 5.41) is 4.82. The van der Waals surface area contributed by atoms with Gasteiger partial charge in [-0.1, -0.05) is 6.92 Å². The topological polar surface area (TPSA) is 83.9 Å². The molecule has 5 rings (SSSR count). The number of fused-ring (bicyclic) bond motifs is 3. The lowest BCUT2D eigenvalue weighted by molar-refractivity contribution is -0.129. The Morgan fingerprint density at radius 1 is 1.28 bits per heavy atom. The lowest BCUT2D eigenvalue weighted by atomic mass is 9.97. The molecular weight excluding hydrogens is 384 g/mol. The van der Waals surface area contributed by atoms with E-state index in [9.17, 15) is 4.79 Å². The van der Waals surface area contributed by atoms with E-state index in [4.69, 9.17) is 9.97 Å². The summed E-state index contributed by atoms with van der Waals surface area (Å²) in [5.41, 5.74) is 2.09. The van der Waals surface area contributed by atoms with Gasteiger partial charge in [0.2, 0.25) is 5.91 Å². The monoisotopic (exact) mass is 408 g/mol. The molecule has 1 N–H and O–H groups in total. The minimum Gasteiger partial charge on any atom is -0.365 e. The normalized spacial score (nSPS) is 18.8. The number of likely N-dealkylation sites (tertiary alicyclic amines) is 1. The second kappa shape index (κ2) is 7.67. The number of hydrogen-bond acceptors (Lipinski definition) is 7. The van der Waals surface area contributed by atoms with E-state index >= 15 is 0 Å². The van der Waals surface area contributed by atoms with E-state index in [0.29, 0.717) is 17.9 Å². The van der Waals surface area contributed by atoms with Crippen LogP contribution in [-0.4, -0.2) is 49.9 Å². The second-order valence-electron chi connectivity index (χ2n) is 7.70. The average molecular weight is 409 g/mol. The van der Waals surface area contributed by atoms with Crippen molar-refractivity contribution in [3.8, 4) is 11.5 Å². The molecule has 0 spiro atoms. The molecule has 0 saturated carbocycles. The van der Waals surface area contributed by atoms with Gasteiger partial charge in [-0.05, 0) is 37.7 Å². The van der Waals surface area contributed by atoms with Crippen LogP contribution in [-0.2, 0) is 17.6 Å². The van der Waals surface area contributed by atoms with Crippen LogP contribution in [0.3, 0.4) is 0 Å². The summed E-state index contributed by atoms with van der Waals surface area (Å²) < 4.78 is 0. The van der Waals surface area contributed by atoms with Gasteiger partial charge in [0, 0.05) is 42.8 Å². The van der Waals surface area contributed by atoms with Gasteiger partial charge in [0.1, 0.15) is 16.3 Å². The molecule has 1 amide bonds. The molecule has 1 fully saturated rings. The molecule has 2 aliphatic rings. The van der Waals surface area contributed by atoms with Crippen LogP contribution in [0.4, 0.5) is 5.82 Å². The largest absolute Gasteiger partial charge is 0.365 e. The van der Waals surface area contributed by atoms with Crippen LogP contribution in [0, 0.1) is 0 Å². The van der Waals surface area contributed by atoms with E-state index < -0.39 is 0 Å². The predicted molar refractivity (Wildman–Crippen MR) is 114 cm³/mol. The first-order chi connectivity index (χ1) is 14.2. The van der Waals surface area contributed by atoms with Crippen molar-refractivity contribution in [1.82, 2.24) is 24.8 Å². The molecule has 4 heterocycles. The van der Waals surface area contributed by atoms with Gasteiger partial charge in [-0.15, -0.1) is 11.3 Å². The third-order valence-electron chi connectivity index (χ3n) is 5.79. The van der Waals surface area contributed by atoms with E-state index in [-0.39, 0.29) is 11.9 Å². The van der Waals surface area contributed by atoms with Crippen LogP contribution >= 0.6 is 11.3 Å². The number of hydrogen-bond donors (Lipinski definition) is 1. The van der Waals surface area contributed by atoms with Crippen LogP contribution < -0.4 is 5.32 Å². The summed E-state index contributed by atoms with van der Waals surface area (Å²) in [7, 11) is 0. The maximum atomic E-state index is 12.1. The molecule has 7 nitrogen and oxygen atoms in total. The molecule has 8 heteroatoms. The number of aromatic nitrogens is 4. The number of amides is 1. The first-order valence-electron chi connectivity index (χ1n) is 10.4. The number of anilines is 1. The molecule has 3 aromatic heterocycles. The Morgan fingerprint density at radius 2 is 2.17 bits per heavy atom. The molecule has 1 aliphatic heterocycles. The fourth-order valence-corrected chi connectivity index (χ4v) is 5.57. The van der Waals surface area contributed by atoms with Gasteiger partial charge in [0.15, 0.2) is 5.82 Å². The third kappa shape index (κ3) is 3.46. The summed E-state index contributed by atoms with van der Waals surface area (Å²) in [6.07, 6.45) is 11.2. The van der Waals surface area contributed by atoms with Crippen molar-refractivity contribution < 1.29 is 4.79 Å². The standard InChI is InChI=1S/C21H24N6OS/c1-2-17(28)27-10-7-13(12-27)24-20-18-14-5-3-4-6-16(14)29-21(18)26-19(25-20)15-11-22-8-9-23-15/h8-9,11,13H,2-7,10,12H2,1H3,(H,24,25,26). The first-order valence-corrected chi connectivity index (χ1v) is 11.2. The molecule has 150 valence electrons. The van der Waals surface area contributed by atoms with E-state index in [1.165, 1.54) is 23.3 Å². The quantitative estimate of drug-likeness (QED) is 0.712. The highest BCUT2D eigenvalue weighted by atomic mass is 32.1. The zero-order valence-electron chi connectivity index (χ0n) is 16.5. The highest BCUT2D eigenvalue weighted by molar-refractivity contribution is 7.19. The van der Waals surface area contributed by atoms with Gasteiger partial charge in [0.05, 0.1) is 11.6 Å². The molecule has 1 atom stereocenters. The minimum absolute atomic E-state index is 0.206. The molecule has 3 aromatic rings. The maximum absolute atomic E-state index is 12.1. The van der Waals surface area contributed by atoms with Crippen LogP contribution in [0.15, 0.2) is 18.6 Å². The zero-order valence-corrected chi connectivity index (χ0v) is 17.3. The molecular formula is C21H24N6OS. The number of rotatable bonds is 4. The van der Waals surface area contributed by atoms with Gasteiger partial charge in [-0.25, -0.2) is 15.0 Å². The summed E-state index contributed by atoms with van der Waals surface area (Å²) in [6, 6.07) is 0.206.